The first-order valence-corrected chi connectivity index (χ1v) is 5.41. The van der Waals surface area contributed by atoms with E-state index in [-0.39, 0.29) is 74.3 Å². The molecule has 0 unspecified atom stereocenters. The van der Waals surface area contributed by atoms with E-state index in [1.165, 1.54) is 19.3 Å². The van der Waals surface area contributed by atoms with Gasteiger partial charge in [0, 0.05) is 0 Å². The molecule has 4 rings (SSSR count). The molecule has 4 fully saturated rings. The molecule has 4 saturated carbocycles. The van der Waals surface area contributed by atoms with Crippen molar-refractivity contribution < 1.29 is 9.90 Å². The van der Waals surface area contributed by atoms with Crippen molar-refractivity contribution in [2.75, 3.05) is 0 Å². The predicted molar refractivity (Wildman–Crippen MR) is 55.4 cm³/mol. The molecule has 0 amide bonds. The Labute approximate surface area is 144 Å². The second kappa shape index (κ2) is 4.08. The van der Waals surface area contributed by atoms with E-state index in [0.29, 0.717) is 0 Å². The molecule has 2 nitrogen and oxygen atoms in total. The van der Waals surface area contributed by atoms with Crippen molar-refractivity contribution in [1.29, 1.82) is 0 Å². The van der Waals surface area contributed by atoms with Crippen LogP contribution in [0.15, 0.2) is 0 Å². The fourth-order valence-corrected chi connectivity index (χ4v) is 4.37. The quantitative estimate of drug-likeness (QED) is 0.799. The van der Waals surface area contributed by atoms with Crippen molar-refractivity contribution in [2.45, 2.75) is 38.5 Å². The van der Waals surface area contributed by atoms with Gasteiger partial charge in [-0.1, -0.05) is 0 Å². The standard InChI is InChI=1S/C11H16O2.Cs.H/c12-10(13)11-4-7-1-8(5-11)3-9(2-7)6-11;;/h7-9H,1-6H2,(H,12,13);;. The van der Waals surface area contributed by atoms with Crippen molar-refractivity contribution in [3.8, 4) is 0 Å². The summed E-state index contributed by atoms with van der Waals surface area (Å²) in [6.07, 6.45) is 6.92. The molecule has 1 N–H and O–H groups in total. The van der Waals surface area contributed by atoms with Gasteiger partial charge in [-0.3, -0.25) is 4.79 Å². The number of hydrogen-bond acceptors (Lipinski definition) is 1. The Kier molecular flexibility index (Phi) is 3.49. The van der Waals surface area contributed by atoms with E-state index >= 15 is 0 Å². The van der Waals surface area contributed by atoms with E-state index in [4.69, 9.17) is 0 Å². The zero-order valence-corrected chi connectivity index (χ0v) is 7.83. The topological polar surface area (TPSA) is 37.3 Å². The summed E-state index contributed by atoms with van der Waals surface area (Å²) in [5.74, 6) is 1.75. The average Bonchev–Trinajstić information content (AvgIpc) is 2.00. The summed E-state index contributed by atoms with van der Waals surface area (Å²) >= 11 is 0. The normalized spacial score (nSPS) is 48.7. The molecule has 4 bridgehead atoms. The summed E-state index contributed by atoms with van der Waals surface area (Å²) in [7, 11) is 0. The fourth-order valence-electron chi connectivity index (χ4n) is 4.37. The molecular formula is C11H17CsO2. The molecule has 3 heteroatoms. The van der Waals surface area contributed by atoms with Crippen molar-refractivity contribution in [1.82, 2.24) is 0 Å². The van der Waals surface area contributed by atoms with Crippen LogP contribution < -0.4 is 0 Å². The van der Waals surface area contributed by atoms with Gasteiger partial charge in [0.05, 0.1) is 5.41 Å². The van der Waals surface area contributed by atoms with Crippen LogP contribution in [0.5, 0.6) is 0 Å². The van der Waals surface area contributed by atoms with Gasteiger partial charge in [-0.15, -0.1) is 0 Å². The van der Waals surface area contributed by atoms with Crippen molar-refractivity contribution in [2.24, 2.45) is 23.2 Å². The number of carbonyl (C=O) groups is 1. The maximum absolute atomic E-state index is 11.3. The first-order chi connectivity index (χ1) is 6.18. The van der Waals surface area contributed by atoms with Crippen molar-refractivity contribution in [3.05, 3.63) is 0 Å². The predicted octanol–water partition coefficient (Wildman–Crippen LogP) is 1.64. The molecular weight excluding hydrogens is 297 g/mol. The van der Waals surface area contributed by atoms with Crippen LogP contribution in [-0.2, 0) is 4.79 Å². The molecule has 4 aliphatic rings. The molecule has 0 heterocycles. The van der Waals surface area contributed by atoms with Gasteiger partial charge < -0.3 is 5.11 Å². The van der Waals surface area contributed by atoms with E-state index in [0.717, 1.165) is 37.0 Å². The third-order valence-corrected chi connectivity index (χ3v) is 4.49. The Bertz CT molecular complexity index is 227. The molecule has 4 aliphatic carbocycles. The van der Waals surface area contributed by atoms with Crippen LogP contribution in [0.1, 0.15) is 38.5 Å². The van der Waals surface area contributed by atoms with E-state index < -0.39 is 5.97 Å². The molecule has 0 saturated heterocycles. The number of carboxylic acids is 1. The van der Waals surface area contributed by atoms with Gasteiger partial charge in [0.15, 0.2) is 0 Å². The van der Waals surface area contributed by atoms with Crippen LogP contribution >= 0.6 is 0 Å². The second-order valence-electron chi connectivity index (χ2n) is 5.50. The van der Waals surface area contributed by atoms with Gasteiger partial charge in [-0.25, -0.2) is 0 Å². The van der Waals surface area contributed by atoms with Crippen molar-refractivity contribution in [3.63, 3.8) is 0 Å². The first kappa shape index (κ1) is 12.0. The van der Waals surface area contributed by atoms with Crippen LogP contribution in [0.3, 0.4) is 0 Å². The van der Waals surface area contributed by atoms with Gasteiger partial charge in [-0.05, 0) is 56.3 Å². The summed E-state index contributed by atoms with van der Waals surface area (Å²) in [4.78, 5) is 11.3. The molecule has 0 radical (unpaired) electrons. The third kappa shape index (κ3) is 1.78. The zero-order valence-electron chi connectivity index (χ0n) is 7.83. The first-order valence-electron chi connectivity index (χ1n) is 5.41. The molecule has 0 aromatic carbocycles. The number of aliphatic carboxylic acids is 1. The van der Waals surface area contributed by atoms with Gasteiger partial charge in [0.25, 0.3) is 0 Å². The van der Waals surface area contributed by atoms with Crippen LogP contribution in [0, 0.1) is 23.2 Å². The summed E-state index contributed by atoms with van der Waals surface area (Å²) in [6, 6.07) is 0. The van der Waals surface area contributed by atoms with Crippen LogP contribution in [-0.4, -0.2) is 80.0 Å². The van der Waals surface area contributed by atoms with E-state index in [1.807, 2.05) is 0 Å². The van der Waals surface area contributed by atoms with Gasteiger partial charge >= 0.3 is 74.9 Å². The molecule has 0 aromatic rings. The molecule has 0 aromatic heterocycles. The molecule has 0 aliphatic heterocycles. The Hall–Kier alpha value is 1.52. The van der Waals surface area contributed by atoms with Gasteiger partial charge in [-0.2, -0.15) is 0 Å². The summed E-state index contributed by atoms with van der Waals surface area (Å²) in [5.41, 5.74) is -0.283. The van der Waals surface area contributed by atoms with Crippen LogP contribution in [0.25, 0.3) is 0 Å². The number of hydrogen-bond donors (Lipinski definition) is 1. The summed E-state index contributed by atoms with van der Waals surface area (Å²) in [6.45, 7) is 0. The Balaban J connectivity index is 0.000000750. The monoisotopic (exact) mass is 314 g/mol. The van der Waals surface area contributed by atoms with Crippen molar-refractivity contribution >= 4 is 74.9 Å². The minimum absolute atomic E-state index is 0. The zero-order chi connectivity index (χ0) is 9.05. The van der Waals surface area contributed by atoms with Crippen LogP contribution in [0.2, 0.25) is 0 Å². The van der Waals surface area contributed by atoms with Gasteiger partial charge in [0.1, 0.15) is 0 Å². The molecule has 0 spiro atoms. The average molecular weight is 314 g/mol. The number of carboxylic acid groups (broad SMARTS) is 1. The SMILES string of the molecule is O=C(O)C12CC3CC(CC(C3)C1)C2.[CsH]. The third-order valence-electron chi connectivity index (χ3n) is 4.49. The summed E-state index contributed by atoms with van der Waals surface area (Å²) in [5, 5.41) is 9.28. The number of rotatable bonds is 1. The Morgan fingerprint density at radius 1 is 1.00 bits per heavy atom. The molecule has 14 heavy (non-hydrogen) atoms. The fraction of sp³-hybridized carbons (Fsp3) is 0.909. The van der Waals surface area contributed by atoms with E-state index in [9.17, 15) is 9.90 Å². The van der Waals surface area contributed by atoms with E-state index in [2.05, 4.69) is 0 Å². The molecule has 0 atom stereocenters. The molecule has 74 valence electrons. The second-order valence-corrected chi connectivity index (χ2v) is 5.50. The van der Waals surface area contributed by atoms with E-state index in [1.54, 1.807) is 0 Å². The Morgan fingerprint density at radius 2 is 1.36 bits per heavy atom. The minimum atomic E-state index is -0.508. The van der Waals surface area contributed by atoms with Crippen LogP contribution in [0.4, 0.5) is 0 Å². The Morgan fingerprint density at radius 3 is 1.64 bits per heavy atom. The summed E-state index contributed by atoms with van der Waals surface area (Å²) < 4.78 is 0. The van der Waals surface area contributed by atoms with Gasteiger partial charge in [0.2, 0.25) is 0 Å². The maximum atomic E-state index is 11.3.